The zero-order valence-corrected chi connectivity index (χ0v) is 11.0. The van der Waals surface area contributed by atoms with Crippen LogP contribution in [0.15, 0.2) is 12.4 Å². The van der Waals surface area contributed by atoms with Gasteiger partial charge in [-0.3, -0.25) is 9.07 Å². The lowest BCUT2D eigenvalue weighted by molar-refractivity contribution is 0.442. The van der Waals surface area contributed by atoms with Gasteiger partial charge >= 0.3 is 0 Å². The average molecular weight is 241 g/mol. The number of halogens is 1. The molecule has 0 bridgehead atoms. The molecule has 0 aliphatic heterocycles. The van der Waals surface area contributed by atoms with Crippen molar-refractivity contribution in [3.05, 3.63) is 18.0 Å². The van der Waals surface area contributed by atoms with Crippen LogP contribution >= 0.6 is 0 Å². The molecule has 17 heavy (non-hydrogen) atoms. The molecule has 98 valence electrons. The second-order valence-corrected chi connectivity index (χ2v) is 4.46. The van der Waals surface area contributed by atoms with E-state index in [0.717, 1.165) is 32.4 Å². The molecule has 1 rings (SSSR count). The SMILES string of the molecule is CCCNC(C)c1cnn(CCCCCF)c1. The summed E-state index contributed by atoms with van der Waals surface area (Å²) in [5.74, 6) is 0. The highest BCUT2D eigenvalue weighted by Gasteiger charge is 2.06. The standard InChI is InChI=1S/C13H24FN3/c1-3-8-15-12(2)13-10-16-17(11-13)9-6-4-5-7-14/h10-12,15H,3-9H2,1-2H3. The largest absolute Gasteiger partial charge is 0.310 e. The van der Waals surface area contributed by atoms with Gasteiger partial charge in [0.2, 0.25) is 0 Å². The van der Waals surface area contributed by atoms with Crippen molar-refractivity contribution in [3.8, 4) is 0 Å². The molecular weight excluding hydrogens is 217 g/mol. The Balaban J connectivity index is 2.31. The van der Waals surface area contributed by atoms with Gasteiger partial charge in [0.15, 0.2) is 0 Å². The van der Waals surface area contributed by atoms with Crippen LogP contribution in [0, 0.1) is 0 Å². The maximum Gasteiger partial charge on any atom is 0.0894 e. The fourth-order valence-corrected chi connectivity index (χ4v) is 1.75. The van der Waals surface area contributed by atoms with Crippen LogP contribution in [0.25, 0.3) is 0 Å². The summed E-state index contributed by atoms with van der Waals surface area (Å²) in [5, 5.41) is 7.76. The van der Waals surface area contributed by atoms with Gasteiger partial charge in [-0.25, -0.2) is 0 Å². The fraction of sp³-hybridized carbons (Fsp3) is 0.769. The van der Waals surface area contributed by atoms with Crippen molar-refractivity contribution in [1.82, 2.24) is 15.1 Å². The Morgan fingerprint density at radius 1 is 1.41 bits per heavy atom. The minimum absolute atomic E-state index is 0.206. The van der Waals surface area contributed by atoms with Crippen molar-refractivity contribution < 1.29 is 4.39 Å². The van der Waals surface area contributed by atoms with Crippen LogP contribution in [0.2, 0.25) is 0 Å². The van der Waals surface area contributed by atoms with Gasteiger partial charge in [0.05, 0.1) is 12.9 Å². The molecule has 1 aromatic heterocycles. The van der Waals surface area contributed by atoms with Crippen molar-refractivity contribution in [2.24, 2.45) is 0 Å². The quantitative estimate of drug-likeness (QED) is 0.673. The predicted molar refractivity (Wildman–Crippen MR) is 68.8 cm³/mol. The third-order valence-corrected chi connectivity index (χ3v) is 2.87. The van der Waals surface area contributed by atoms with E-state index in [2.05, 4.69) is 30.5 Å². The molecule has 0 radical (unpaired) electrons. The second-order valence-electron chi connectivity index (χ2n) is 4.46. The molecule has 0 amide bonds. The lowest BCUT2D eigenvalue weighted by atomic mass is 10.2. The summed E-state index contributed by atoms with van der Waals surface area (Å²) >= 11 is 0. The van der Waals surface area contributed by atoms with Gasteiger partial charge in [0, 0.05) is 24.3 Å². The number of hydrogen-bond acceptors (Lipinski definition) is 2. The highest BCUT2D eigenvalue weighted by atomic mass is 19.1. The third kappa shape index (κ3) is 5.31. The van der Waals surface area contributed by atoms with Crippen LogP contribution < -0.4 is 5.32 Å². The van der Waals surface area contributed by atoms with E-state index >= 15 is 0 Å². The van der Waals surface area contributed by atoms with Gasteiger partial charge in [-0.1, -0.05) is 6.92 Å². The molecular formula is C13H24FN3. The molecule has 0 fully saturated rings. The maximum atomic E-state index is 11.9. The van der Waals surface area contributed by atoms with E-state index in [-0.39, 0.29) is 6.67 Å². The average Bonchev–Trinajstić information content (AvgIpc) is 2.80. The highest BCUT2D eigenvalue weighted by molar-refractivity contribution is 5.09. The Morgan fingerprint density at radius 2 is 2.24 bits per heavy atom. The first-order valence-corrected chi connectivity index (χ1v) is 6.59. The molecule has 0 aliphatic carbocycles. The number of unbranched alkanes of at least 4 members (excludes halogenated alkanes) is 2. The van der Waals surface area contributed by atoms with Gasteiger partial charge in [0.25, 0.3) is 0 Å². The first-order chi connectivity index (χ1) is 8.27. The molecule has 0 aliphatic rings. The fourth-order valence-electron chi connectivity index (χ4n) is 1.75. The Labute approximate surface area is 103 Å². The smallest absolute Gasteiger partial charge is 0.0894 e. The van der Waals surface area contributed by atoms with Gasteiger partial charge in [-0.15, -0.1) is 0 Å². The number of aromatic nitrogens is 2. The minimum Gasteiger partial charge on any atom is -0.310 e. The maximum absolute atomic E-state index is 11.9. The molecule has 1 aromatic rings. The number of rotatable bonds is 9. The second kappa shape index (κ2) is 8.23. The van der Waals surface area contributed by atoms with E-state index < -0.39 is 0 Å². The molecule has 1 unspecified atom stereocenters. The van der Waals surface area contributed by atoms with Crippen molar-refractivity contribution in [1.29, 1.82) is 0 Å². The molecule has 0 saturated heterocycles. The van der Waals surface area contributed by atoms with Crippen LogP contribution in [0.1, 0.15) is 51.1 Å². The first kappa shape index (κ1) is 14.2. The molecule has 1 atom stereocenters. The van der Waals surface area contributed by atoms with Crippen LogP contribution in [0.5, 0.6) is 0 Å². The Morgan fingerprint density at radius 3 is 2.94 bits per heavy atom. The number of aryl methyl sites for hydroxylation is 1. The molecule has 1 N–H and O–H groups in total. The summed E-state index contributed by atoms with van der Waals surface area (Å²) in [5.41, 5.74) is 1.23. The Hall–Kier alpha value is -0.900. The third-order valence-electron chi connectivity index (χ3n) is 2.87. The van der Waals surface area contributed by atoms with E-state index in [0.29, 0.717) is 12.5 Å². The molecule has 1 heterocycles. The summed E-state index contributed by atoms with van der Waals surface area (Å²) < 4.78 is 13.9. The molecule has 4 heteroatoms. The summed E-state index contributed by atoms with van der Waals surface area (Å²) in [4.78, 5) is 0. The lowest BCUT2D eigenvalue weighted by Gasteiger charge is -2.10. The lowest BCUT2D eigenvalue weighted by Crippen LogP contribution is -2.18. The highest BCUT2D eigenvalue weighted by Crippen LogP contribution is 2.11. The predicted octanol–water partition coefficient (Wildman–Crippen LogP) is 3.08. The first-order valence-electron chi connectivity index (χ1n) is 6.59. The van der Waals surface area contributed by atoms with Crippen molar-refractivity contribution in [3.63, 3.8) is 0 Å². The topological polar surface area (TPSA) is 29.9 Å². The van der Waals surface area contributed by atoms with Gasteiger partial charge in [0.1, 0.15) is 0 Å². The minimum atomic E-state index is -0.206. The number of nitrogens with zero attached hydrogens (tertiary/aromatic N) is 2. The number of nitrogens with one attached hydrogen (secondary N) is 1. The van der Waals surface area contributed by atoms with Crippen molar-refractivity contribution >= 4 is 0 Å². The Kier molecular flexibility index (Phi) is 6.86. The van der Waals surface area contributed by atoms with Gasteiger partial charge in [-0.05, 0) is 39.2 Å². The van der Waals surface area contributed by atoms with E-state index in [1.807, 2.05) is 10.9 Å². The molecule has 0 spiro atoms. The summed E-state index contributed by atoms with van der Waals surface area (Å²) in [6, 6.07) is 0.356. The zero-order valence-electron chi connectivity index (χ0n) is 11.0. The van der Waals surface area contributed by atoms with Crippen LogP contribution in [-0.2, 0) is 6.54 Å². The van der Waals surface area contributed by atoms with Gasteiger partial charge in [-0.2, -0.15) is 5.10 Å². The number of hydrogen-bond donors (Lipinski definition) is 1. The van der Waals surface area contributed by atoms with E-state index in [1.54, 1.807) is 0 Å². The zero-order chi connectivity index (χ0) is 12.5. The molecule has 0 aromatic carbocycles. The summed E-state index contributed by atoms with van der Waals surface area (Å²) in [7, 11) is 0. The van der Waals surface area contributed by atoms with Crippen LogP contribution in [-0.4, -0.2) is 23.0 Å². The van der Waals surface area contributed by atoms with E-state index in [9.17, 15) is 4.39 Å². The van der Waals surface area contributed by atoms with Crippen molar-refractivity contribution in [2.75, 3.05) is 13.2 Å². The van der Waals surface area contributed by atoms with Crippen LogP contribution in [0.3, 0.4) is 0 Å². The summed E-state index contributed by atoms with van der Waals surface area (Å²) in [6.45, 7) is 6.03. The van der Waals surface area contributed by atoms with E-state index in [1.165, 1.54) is 5.56 Å². The monoisotopic (exact) mass is 241 g/mol. The van der Waals surface area contributed by atoms with Crippen molar-refractivity contribution in [2.45, 2.75) is 52.1 Å². The van der Waals surface area contributed by atoms with E-state index in [4.69, 9.17) is 0 Å². The normalized spacial score (nSPS) is 12.9. The van der Waals surface area contributed by atoms with Gasteiger partial charge < -0.3 is 5.32 Å². The Bertz CT molecular complexity index is 299. The molecule has 0 saturated carbocycles. The number of alkyl halides is 1. The summed E-state index contributed by atoms with van der Waals surface area (Å²) in [6.07, 6.45) is 7.76. The van der Waals surface area contributed by atoms with Crippen LogP contribution in [0.4, 0.5) is 4.39 Å². The molecule has 3 nitrogen and oxygen atoms in total.